The third-order valence-electron chi connectivity index (χ3n) is 4.51. The Morgan fingerprint density at radius 3 is 2.04 bits per heavy atom. The van der Waals surface area contributed by atoms with Crippen molar-refractivity contribution in [1.82, 2.24) is 9.80 Å². The molecule has 2 amide bonds. The molecule has 142 valence electrons. The Balaban J connectivity index is 1.62. The minimum absolute atomic E-state index is 0.0981. The zero-order valence-electron chi connectivity index (χ0n) is 15.0. The highest BCUT2D eigenvalue weighted by atomic mass is 19.2. The molecule has 0 atom stereocenters. The van der Waals surface area contributed by atoms with Gasteiger partial charge in [0.1, 0.15) is 0 Å². The number of nitrogens with zero attached hydrogens (tertiary/aromatic N) is 2. The molecule has 1 saturated heterocycles. The van der Waals surface area contributed by atoms with Crippen molar-refractivity contribution in [2.24, 2.45) is 0 Å². The van der Waals surface area contributed by atoms with Crippen LogP contribution >= 0.6 is 0 Å². The molecule has 0 N–H and O–H groups in total. The highest BCUT2D eigenvalue weighted by molar-refractivity contribution is 5.96. The van der Waals surface area contributed by atoms with E-state index in [1.165, 1.54) is 11.0 Å². The maximum atomic E-state index is 13.3. The smallest absolute Gasteiger partial charge is 0.254 e. The molecule has 1 heterocycles. The van der Waals surface area contributed by atoms with E-state index in [-0.39, 0.29) is 17.4 Å². The molecule has 3 rings (SSSR count). The van der Waals surface area contributed by atoms with Crippen molar-refractivity contribution in [3.05, 3.63) is 70.8 Å². The summed E-state index contributed by atoms with van der Waals surface area (Å²) in [6.07, 6.45) is 0. The molecule has 7 heteroatoms. The first-order chi connectivity index (χ1) is 13.0. The molecule has 1 aliphatic rings. The van der Waals surface area contributed by atoms with Gasteiger partial charge in [-0.15, -0.1) is 0 Å². The number of rotatable bonds is 4. The summed E-state index contributed by atoms with van der Waals surface area (Å²) in [5.41, 5.74) is 1.58. The topological polar surface area (TPSA) is 49.9 Å². The number of methoxy groups -OCH3 is 1. The fourth-order valence-corrected chi connectivity index (χ4v) is 3.07. The summed E-state index contributed by atoms with van der Waals surface area (Å²) in [6.45, 7) is 1.85. The van der Waals surface area contributed by atoms with Gasteiger partial charge in [0, 0.05) is 44.4 Å². The molecular weight excluding hydrogens is 354 g/mol. The third kappa shape index (κ3) is 4.31. The van der Waals surface area contributed by atoms with Crippen LogP contribution in [0.15, 0.2) is 42.5 Å². The molecule has 27 heavy (non-hydrogen) atoms. The van der Waals surface area contributed by atoms with Crippen LogP contribution in [0.25, 0.3) is 0 Å². The van der Waals surface area contributed by atoms with Gasteiger partial charge in [-0.2, -0.15) is 0 Å². The quantitative estimate of drug-likeness (QED) is 0.827. The summed E-state index contributed by atoms with van der Waals surface area (Å²) in [4.78, 5) is 28.3. The van der Waals surface area contributed by atoms with Crippen molar-refractivity contribution >= 4 is 11.8 Å². The van der Waals surface area contributed by atoms with Crippen molar-refractivity contribution in [1.29, 1.82) is 0 Å². The van der Waals surface area contributed by atoms with Crippen LogP contribution in [0.3, 0.4) is 0 Å². The minimum atomic E-state index is -1.05. The van der Waals surface area contributed by atoms with Crippen molar-refractivity contribution in [2.45, 2.75) is 6.61 Å². The first kappa shape index (κ1) is 19.0. The monoisotopic (exact) mass is 374 g/mol. The Labute approximate surface area is 156 Å². The minimum Gasteiger partial charge on any atom is -0.380 e. The number of hydrogen-bond acceptors (Lipinski definition) is 3. The van der Waals surface area contributed by atoms with Crippen LogP contribution in [-0.2, 0) is 11.3 Å². The predicted octanol–water partition coefficient (Wildman–Crippen LogP) is 2.71. The lowest BCUT2D eigenvalue weighted by Crippen LogP contribution is -2.50. The normalized spacial score (nSPS) is 14.3. The molecule has 0 bridgehead atoms. The molecule has 0 aromatic heterocycles. The summed E-state index contributed by atoms with van der Waals surface area (Å²) in [6, 6.07) is 10.3. The van der Waals surface area contributed by atoms with E-state index in [9.17, 15) is 18.4 Å². The van der Waals surface area contributed by atoms with Crippen LogP contribution in [0, 0.1) is 11.6 Å². The molecule has 0 aliphatic carbocycles. The summed E-state index contributed by atoms with van der Waals surface area (Å²) in [5.74, 6) is -2.51. The van der Waals surface area contributed by atoms with E-state index in [4.69, 9.17) is 4.74 Å². The van der Waals surface area contributed by atoms with Gasteiger partial charge in [-0.1, -0.05) is 12.1 Å². The van der Waals surface area contributed by atoms with Gasteiger partial charge in [0.25, 0.3) is 11.8 Å². The predicted molar refractivity (Wildman–Crippen MR) is 95.3 cm³/mol. The third-order valence-corrected chi connectivity index (χ3v) is 4.51. The number of amides is 2. The number of carbonyl (C=O) groups excluding carboxylic acids is 2. The summed E-state index contributed by atoms with van der Waals surface area (Å²) < 4.78 is 31.5. The van der Waals surface area contributed by atoms with Gasteiger partial charge in [0.2, 0.25) is 0 Å². The summed E-state index contributed by atoms with van der Waals surface area (Å²) >= 11 is 0. The van der Waals surface area contributed by atoms with Crippen LogP contribution < -0.4 is 0 Å². The molecule has 5 nitrogen and oxygen atoms in total. The van der Waals surface area contributed by atoms with Gasteiger partial charge in [-0.3, -0.25) is 9.59 Å². The van der Waals surface area contributed by atoms with Gasteiger partial charge in [-0.05, 0) is 35.9 Å². The van der Waals surface area contributed by atoms with E-state index in [1.807, 2.05) is 12.1 Å². The Morgan fingerprint density at radius 2 is 1.48 bits per heavy atom. The second-order valence-electron chi connectivity index (χ2n) is 6.35. The van der Waals surface area contributed by atoms with E-state index in [0.29, 0.717) is 38.3 Å². The van der Waals surface area contributed by atoms with Crippen LogP contribution in [0.2, 0.25) is 0 Å². The van der Waals surface area contributed by atoms with Crippen LogP contribution in [0.4, 0.5) is 8.78 Å². The SMILES string of the molecule is COCc1cccc(C(=O)N2CCN(C(=O)c3ccc(F)c(F)c3)CC2)c1. The van der Waals surface area contributed by atoms with Crippen LogP contribution in [0.1, 0.15) is 26.3 Å². The van der Waals surface area contributed by atoms with Crippen molar-refractivity contribution in [3.63, 3.8) is 0 Å². The van der Waals surface area contributed by atoms with Gasteiger partial charge in [0.05, 0.1) is 6.61 Å². The number of hydrogen-bond donors (Lipinski definition) is 0. The second kappa shape index (κ2) is 8.26. The fraction of sp³-hybridized carbons (Fsp3) is 0.300. The van der Waals surface area contributed by atoms with Gasteiger partial charge in [-0.25, -0.2) is 8.78 Å². The number of carbonyl (C=O) groups is 2. The molecule has 1 aliphatic heterocycles. The second-order valence-corrected chi connectivity index (χ2v) is 6.35. The molecular formula is C20H20F2N2O3. The molecule has 0 unspecified atom stereocenters. The first-order valence-electron chi connectivity index (χ1n) is 8.61. The Hall–Kier alpha value is -2.80. The van der Waals surface area contributed by atoms with Crippen molar-refractivity contribution < 1.29 is 23.1 Å². The Kier molecular flexibility index (Phi) is 5.81. The lowest BCUT2D eigenvalue weighted by molar-refractivity contribution is 0.0535. The van der Waals surface area contributed by atoms with Gasteiger partial charge in [0.15, 0.2) is 11.6 Å². The van der Waals surface area contributed by atoms with Gasteiger partial charge < -0.3 is 14.5 Å². The first-order valence-corrected chi connectivity index (χ1v) is 8.61. The van der Waals surface area contributed by atoms with Gasteiger partial charge >= 0.3 is 0 Å². The average molecular weight is 374 g/mol. The maximum absolute atomic E-state index is 13.3. The summed E-state index contributed by atoms with van der Waals surface area (Å²) in [7, 11) is 1.59. The zero-order valence-corrected chi connectivity index (χ0v) is 15.0. The van der Waals surface area contributed by atoms with Crippen LogP contribution in [0.5, 0.6) is 0 Å². The van der Waals surface area contributed by atoms with E-state index < -0.39 is 11.6 Å². The summed E-state index contributed by atoms with van der Waals surface area (Å²) in [5, 5.41) is 0. The molecule has 2 aromatic carbocycles. The average Bonchev–Trinajstić information content (AvgIpc) is 2.69. The number of benzene rings is 2. The lowest BCUT2D eigenvalue weighted by atomic mass is 10.1. The molecule has 0 spiro atoms. The molecule has 0 radical (unpaired) electrons. The van der Waals surface area contributed by atoms with E-state index in [2.05, 4.69) is 0 Å². The van der Waals surface area contributed by atoms with Crippen molar-refractivity contribution in [2.75, 3.05) is 33.3 Å². The largest absolute Gasteiger partial charge is 0.380 e. The van der Waals surface area contributed by atoms with Crippen LogP contribution in [-0.4, -0.2) is 54.9 Å². The standard InChI is InChI=1S/C20H20F2N2O3/c1-27-13-14-3-2-4-15(11-14)19(25)23-7-9-24(10-8-23)20(26)16-5-6-17(21)18(22)12-16/h2-6,11-12H,7-10,13H2,1H3. The number of halogens is 2. The molecule has 0 saturated carbocycles. The number of piperazine rings is 1. The van der Waals surface area contributed by atoms with E-state index >= 15 is 0 Å². The highest BCUT2D eigenvalue weighted by Gasteiger charge is 2.26. The molecule has 1 fully saturated rings. The Bertz CT molecular complexity index is 849. The van der Waals surface area contributed by atoms with E-state index in [0.717, 1.165) is 17.7 Å². The zero-order chi connectivity index (χ0) is 19.4. The maximum Gasteiger partial charge on any atom is 0.254 e. The highest BCUT2D eigenvalue weighted by Crippen LogP contribution is 2.15. The lowest BCUT2D eigenvalue weighted by Gasteiger charge is -2.35. The number of ether oxygens (including phenoxy) is 1. The van der Waals surface area contributed by atoms with E-state index in [1.54, 1.807) is 24.1 Å². The molecule has 2 aromatic rings. The Morgan fingerprint density at radius 1 is 0.889 bits per heavy atom. The fourth-order valence-electron chi connectivity index (χ4n) is 3.07. The van der Waals surface area contributed by atoms with Crippen molar-refractivity contribution in [3.8, 4) is 0 Å².